The summed E-state index contributed by atoms with van der Waals surface area (Å²) >= 11 is 0. The van der Waals surface area contributed by atoms with E-state index >= 15 is 0 Å². The third kappa shape index (κ3) is 5.31. The van der Waals surface area contributed by atoms with Gasteiger partial charge in [0.15, 0.2) is 0 Å². The van der Waals surface area contributed by atoms with Crippen LogP contribution in [-0.2, 0) is 11.6 Å². The number of amides is 1. The van der Waals surface area contributed by atoms with Crippen LogP contribution in [0, 0.1) is 6.92 Å². The Morgan fingerprint density at radius 3 is 2.27 bits per heavy atom. The molecular weight excluding hydrogens is 561 g/mol. The summed E-state index contributed by atoms with van der Waals surface area (Å²) in [6.45, 7) is 4.21. The van der Waals surface area contributed by atoms with E-state index in [2.05, 4.69) is 64.9 Å². The molecule has 7 rings (SSSR count). The molecule has 1 amide bonds. The number of aromatic nitrogens is 2. The molecule has 0 spiro atoms. The summed E-state index contributed by atoms with van der Waals surface area (Å²) in [4.78, 5) is 22.6. The number of nitrogens with zero attached hydrogens (tertiary/aromatic N) is 4. The first-order chi connectivity index (χ1) is 21.2. The minimum absolute atomic E-state index is 0.0702. The second kappa shape index (κ2) is 11.4. The van der Waals surface area contributed by atoms with Crippen molar-refractivity contribution in [2.45, 2.75) is 81.6 Å². The highest BCUT2D eigenvalue weighted by Gasteiger charge is 2.44. The van der Waals surface area contributed by atoms with Crippen molar-refractivity contribution in [3.05, 3.63) is 101 Å². The zero-order chi connectivity index (χ0) is 30.5. The van der Waals surface area contributed by atoms with Gasteiger partial charge >= 0.3 is 6.18 Å². The number of rotatable bonds is 6. The first-order valence-corrected chi connectivity index (χ1v) is 15.9. The van der Waals surface area contributed by atoms with Crippen LogP contribution >= 0.6 is 0 Å². The average Bonchev–Trinajstić information content (AvgIpc) is 3.50. The van der Waals surface area contributed by atoms with Gasteiger partial charge in [-0.25, -0.2) is 4.98 Å². The van der Waals surface area contributed by atoms with Gasteiger partial charge < -0.3 is 9.47 Å². The summed E-state index contributed by atoms with van der Waals surface area (Å²) in [7, 11) is 0. The molecule has 3 saturated heterocycles. The number of alkyl halides is 3. The van der Waals surface area contributed by atoms with E-state index in [9.17, 15) is 18.0 Å². The highest BCUT2D eigenvalue weighted by molar-refractivity contribution is 5.94. The summed E-state index contributed by atoms with van der Waals surface area (Å²) < 4.78 is 42.4. The maximum absolute atomic E-state index is 13.3. The molecule has 2 atom stereocenters. The first-order valence-electron chi connectivity index (χ1n) is 15.9. The van der Waals surface area contributed by atoms with Gasteiger partial charge in [0.2, 0.25) is 0 Å². The normalized spacial score (nSPS) is 23.7. The van der Waals surface area contributed by atoms with Crippen molar-refractivity contribution in [1.82, 2.24) is 19.4 Å². The van der Waals surface area contributed by atoms with E-state index in [-0.39, 0.29) is 16.9 Å². The lowest BCUT2D eigenvalue weighted by atomic mass is 9.70. The van der Waals surface area contributed by atoms with Gasteiger partial charge in [0.25, 0.3) is 5.91 Å². The Morgan fingerprint density at radius 2 is 1.57 bits per heavy atom. The molecule has 3 aromatic carbocycles. The Balaban J connectivity index is 1.06. The zero-order valence-corrected chi connectivity index (χ0v) is 25.1. The Bertz CT molecular complexity index is 1630. The SMILES string of the molecule is Cc1nc2ccccc2n1C1CC2CCC(C1)N2CCC1(c2ccccc2)CCN(C(=O)c2cccc(C(F)(F)F)c2)CC1. The molecule has 2 unspecified atom stereocenters. The summed E-state index contributed by atoms with van der Waals surface area (Å²) in [5.41, 5.74) is 2.86. The number of imidazole rings is 1. The average molecular weight is 601 g/mol. The first kappa shape index (κ1) is 29.1. The second-order valence-electron chi connectivity index (χ2n) is 13.0. The van der Waals surface area contributed by atoms with Gasteiger partial charge in [0.05, 0.1) is 16.6 Å². The number of likely N-dealkylation sites (tertiary alicyclic amines) is 1. The van der Waals surface area contributed by atoms with Crippen LogP contribution in [0.1, 0.15) is 78.3 Å². The molecule has 0 saturated carbocycles. The van der Waals surface area contributed by atoms with Crippen molar-refractivity contribution >= 4 is 16.9 Å². The van der Waals surface area contributed by atoms with E-state index in [4.69, 9.17) is 4.98 Å². The Labute approximate surface area is 256 Å². The fraction of sp³-hybridized carbons (Fsp3) is 0.444. The lowest BCUT2D eigenvalue weighted by molar-refractivity contribution is -0.137. The number of hydrogen-bond acceptors (Lipinski definition) is 3. The Morgan fingerprint density at radius 1 is 0.886 bits per heavy atom. The van der Waals surface area contributed by atoms with Crippen molar-refractivity contribution in [2.75, 3.05) is 19.6 Å². The summed E-state index contributed by atoms with van der Waals surface area (Å²) in [5, 5.41) is 0. The van der Waals surface area contributed by atoms with E-state index in [0.29, 0.717) is 31.2 Å². The number of hydrogen-bond donors (Lipinski definition) is 0. The van der Waals surface area contributed by atoms with E-state index in [1.807, 2.05) is 6.07 Å². The molecule has 4 heterocycles. The number of carbonyl (C=O) groups is 1. The lowest BCUT2D eigenvalue weighted by Gasteiger charge is -2.45. The molecule has 3 aliphatic heterocycles. The molecule has 44 heavy (non-hydrogen) atoms. The van der Waals surface area contributed by atoms with Gasteiger partial charge in [-0.05, 0) is 99.7 Å². The van der Waals surface area contributed by atoms with Crippen LogP contribution in [0.25, 0.3) is 11.0 Å². The monoisotopic (exact) mass is 600 g/mol. The van der Waals surface area contributed by atoms with Crippen LogP contribution in [0.3, 0.4) is 0 Å². The van der Waals surface area contributed by atoms with Crippen LogP contribution < -0.4 is 0 Å². The van der Waals surface area contributed by atoms with E-state index < -0.39 is 11.7 Å². The summed E-state index contributed by atoms with van der Waals surface area (Å²) in [6, 6.07) is 25.4. The molecule has 1 aromatic heterocycles. The Hall–Kier alpha value is -3.65. The number of aryl methyl sites for hydroxylation is 1. The van der Waals surface area contributed by atoms with Crippen LogP contribution in [0.15, 0.2) is 78.9 Å². The van der Waals surface area contributed by atoms with Crippen molar-refractivity contribution in [3.63, 3.8) is 0 Å². The fourth-order valence-electron chi connectivity index (χ4n) is 8.41. The van der Waals surface area contributed by atoms with Gasteiger partial charge in [-0.1, -0.05) is 48.5 Å². The lowest BCUT2D eigenvalue weighted by Crippen LogP contribution is -2.49. The predicted octanol–water partition coefficient (Wildman–Crippen LogP) is 7.80. The number of para-hydroxylation sites is 2. The van der Waals surface area contributed by atoms with Gasteiger partial charge in [-0.2, -0.15) is 13.2 Å². The van der Waals surface area contributed by atoms with Gasteiger partial charge in [-0.15, -0.1) is 0 Å². The van der Waals surface area contributed by atoms with Crippen LogP contribution in [0.5, 0.6) is 0 Å². The Kier molecular flexibility index (Phi) is 7.51. The van der Waals surface area contributed by atoms with Gasteiger partial charge in [0.1, 0.15) is 5.82 Å². The topological polar surface area (TPSA) is 41.4 Å². The quantitative estimate of drug-likeness (QED) is 0.227. The molecule has 3 aliphatic rings. The summed E-state index contributed by atoms with van der Waals surface area (Å²) in [6.07, 6.45) is 2.86. The molecule has 8 heteroatoms. The zero-order valence-electron chi connectivity index (χ0n) is 25.1. The van der Waals surface area contributed by atoms with Crippen molar-refractivity contribution in [1.29, 1.82) is 0 Å². The minimum Gasteiger partial charge on any atom is -0.339 e. The van der Waals surface area contributed by atoms with Crippen LogP contribution in [0.4, 0.5) is 13.2 Å². The molecule has 0 N–H and O–H groups in total. The number of halogens is 3. The fourth-order valence-corrected chi connectivity index (χ4v) is 8.41. The second-order valence-corrected chi connectivity index (χ2v) is 13.0. The largest absolute Gasteiger partial charge is 0.416 e. The molecule has 230 valence electrons. The third-order valence-electron chi connectivity index (χ3n) is 10.7. The molecular formula is C36H39F3N4O. The minimum atomic E-state index is -4.47. The van der Waals surface area contributed by atoms with Gasteiger partial charge in [0, 0.05) is 36.8 Å². The number of benzene rings is 3. The van der Waals surface area contributed by atoms with E-state index in [1.165, 1.54) is 36.1 Å². The van der Waals surface area contributed by atoms with Crippen molar-refractivity contribution < 1.29 is 18.0 Å². The van der Waals surface area contributed by atoms with Crippen LogP contribution in [0.2, 0.25) is 0 Å². The molecule has 3 fully saturated rings. The highest BCUT2D eigenvalue weighted by Crippen LogP contribution is 2.45. The van der Waals surface area contributed by atoms with E-state index in [1.54, 1.807) is 4.90 Å². The van der Waals surface area contributed by atoms with Gasteiger partial charge in [-0.3, -0.25) is 9.69 Å². The maximum Gasteiger partial charge on any atom is 0.416 e. The highest BCUT2D eigenvalue weighted by atomic mass is 19.4. The molecule has 4 aromatic rings. The standard InChI is InChI=1S/C36H39F3N4O/c1-25-40-32-12-5-6-13-33(32)43(25)31-23-29-14-15-30(24-31)42(29)21-18-35(27-9-3-2-4-10-27)16-19-41(20-17-35)34(44)26-8-7-11-28(22-26)36(37,38)39/h2-13,22,29-31H,14-21,23-24H2,1H3. The number of fused-ring (bicyclic) bond motifs is 3. The molecule has 0 aliphatic carbocycles. The molecule has 5 nitrogen and oxygen atoms in total. The van der Waals surface area contributed by atoms with Crippen LogP contribution in [-0.4, -0.2) is 57.0 Å². The number of carbonyl (C=O) groups excluding carboxylic acids is 1. The maximum atomic E-state index is 13.3. The van der Waals surface area contributed by atoms with Crippen molar-refractivity contribution in [2.24, 2.45) is 0 Å². The molecule has 0 radical (unpaired) electrons. The molecule has 2 bridgehead atoms. The number of piperidine rings is 2. The summed E-state index contributed by atoms with van der Waals surface area (Å²) in [5.74, 6) is 0.777. The predicted molar refractivity (Wildman–Crippen MR) is 166 cm³/mol. The third-order valence-corrected chi connectivity index (χ3v) is 10.7. The smallest absolute Gasteiger partial charge is 0.339 e. The van der Waals surface area contributed by atoms with Crippen molar-refractivity contribution in [3.8, 4) is 0 Å². The van der Waals surface area contributed by atoms with E-state index in [0.717, 1.165) is 62.1 Å².